The first kappa shape index (κ1) is 63.2. The number of rotatable bonds is 17. The number of hydrogen-bond acceptors (Lipinski definition) is 10. The maximum absolute atomic E-state index is 14.7. The van der Waals surface area contributed by atoms with Crippen LogP contribution in [0.5, 0.6) is 0 Å². The van der Waals surface area contributed by atoms with Crippen LogP contribution in [0.1, 0.15) is 142 Å². The van der Waals surface area contributed by atoms with Gasteiger partial charge in [0.05, 0.1) is 24.2 Å². The zero-order valence-electron chi connectivity index (χ0n) is 46.6. The molecule has 6 rings (SSSR count). The van der Waals surface area contributed by atoms with Gasteiger partial charge in [-0.25, -0.2) is 0 Å². The maximum Gasteiger partial charge on any atom is 0.246 e. The van der Waals surface area contributed by atoms with Crippen LogP contribution in [0, 0.1) is 22.7 Å². The van der Waals surface area contributed by atoms with Crippen LogP contribution in [0.4, 0.5) is 0 Å². The lowest BCUT2D eigenvalue weighted by Crippen LogP contribution is -2.59. The van der Waals surface area contributed by atoms with Crippen molar-refractivity contribution in [3.63, 3.8) is 0 Å². The van der Waals surface area contributed by atoms with Gasteiger partial charge in [-0.15, -0.1) is 24.8 Å². The summed E-state index contributed by atoms with van der Waals surface area (Å²) in [6.45, 7) is 17.7. The summed E-state index contributed by atoms with van der Waals surface area (Å²) in [6.07, 6.45) is 5.25. The Morgan fingerprint density at radius 1 is 0.513 bits per heavy atom. The summed E-state index contributed by atoms with van der Waals surface area (Å²) in [7, 11) is 3.31. The second-order valence-corrected chi connectivity index (χ2v) is 23.4. The Kier molecular flexibility index (Phi) is 22.3. The van der Waals surface area contributed by atoms with E-state index in [1.165, 1.54) is 9.80 Å². The van der Waals surface area contributed by atoms with Gasteiger partial charge >= 0.3 is 0 Å². The number of aryl methyl sites for hydroxylation is 2. The van der Waals surface area contributed by atoms with E-state index in [-0.39, 0.29) is 86.5 Å². The second-order valence-electron chi connectivity index (χ2n) is 23.4. The van der Waals surface area contributed by atoms with Gasteiger partial charge in [0.1, 0.15) is 24.2 Å². The predicted octanol–water partition coefficient (Wildman–Crippen LogP) is 3.94. The van der Waals surface area contributed by atoms with E-state index >= 15 is 0 Å². The van der Waals surface area contributed by atoms with Crippen molar-refractivity contribution in [2.45, 2.75) is 181 Å². The summed E-state index contributed by atoms with van der Waals surface area (Å²) in [5.74, 6) is -5.02. The molecule has 0 spiro atoms. The Bertz CT molecular complexity index is 2250. The van der Waals surface area contributed by atoms with Crippen molar-refractivity contribution in [2.75, 3.05) is 27.2 Å². The number of carbonyl (C=O) groups is 8. The van der Waals surface area contributed by atoms with Crippen LogP contribution in [-0.4, -0.2) is 133 Å². The fourth-order valence-corrected chi connectivity index (χ4v) is 10.8. The first-order valence-corrected chi connectivity index (χ1v) is 26.8. The van der Waals surface area contributed by atoms with Gasteiger partial charge in [-0.1, -0.05) is 104 Å². The van der Waals surface area contributed by atoms with E-state index in [4.69, 9.17) is 0 Å². The molecule has 4 aliphatic rings. The molecule has 20 heteroatoms. The minimum absolute atomic E-state index is 0. The number of nitrogens with zero attached hydrogens (tertiary/aromatic N) is 2. The smallest absolute Gasteiger partial charge is 0.246 e. The Balaban J connectivity index is 0.00000624. The minimum atomic E-state index is -0.995. The van der Waals surface area contributed by atoms with E-state index in [1.54, 1.807) is 41.8 Å². The van der Waals surface area contributed by atoms with Gasteiger partial charge in [0.25, 0.3) is 0 Å². The fraction of sp³-hybridized carbons (Fsp3) is 0.643. The molecule has 2 fully saturated rings. The number of hydrogen-bond donors (Lipinski definition) is 8. The van der Waals surface area contributed by atoms with Crippen LogP contribution in [0.25, 0.3) is 0 Å². The van der Waals surface area contributed by atoms with E-state index < -0.39 is 94.6 Å². The van der Waals surface area contributed by atoms with E-state index in [0.29, 0.717) is 0 Å². The lowest BCUT2D eigenvalue weighted by atomic mass is 9.85. The summed E-state index contributed by atoms with van der Waals surface area (Å²) >= 11 is 0. The van der Waals surface area contributed by atoms with Gasteiger partial charge in [-0.2, -0.15) is 0 Å². The van der Waals surface area contributed by atoms with Crippen LogP contribution in [0.2, 0.25) is 0 Å². The van der Waals surface area contributed by atoms with Crippen LogP contribution in [-0.2, 0) is 51.2 Å². The van der Waals surface area contributed by atoms with Crippen LogP contribution in [0.15, 0.2) is 48.5 Å². The maximum atomic E-state index is 14.7. The Morgan fingerprint density at radius 3 is 1.18 bits per heavy atom. The Hall–Kier alpha value is -5.30. The predicted molar refractivity (Wildman–Crippen MR) is 297 cm³/mol. The Labute approximate surface area is 462 Å². The molecule has 0 saturated carbocycles. The SMILES string of the molecule is CN[C@@H](C)C(=O)N[C@H](C(=O)N1C[C@@H](NC(=O)C(C)C(C)C(=O)N[C@H]2C[C@@H](C(=O)N[C@@H]3CCCc4ccccc43)N(C(=O)[C@@H](NC(=O)[C@H](C)NC)C(C)(C)C)C2)C[C@H]1C(=O)N[C@@H]1CCCc2ccccc21)C(C)(C)C.Cl.Cl. The molecule has 2 heterocycles. The molecule has 76 heavy (non-hydrogen) atoms. The third-order valence-corrected chi connectivity index (χ3v) is 15.9. The summed E-state index contributed by atoms with van der Waals surface area (Å²) < 4.78 is 0. The highest BCUT2D eigenvalue weighted by molar-refractivity contribution is 5.96. The molecule has 2 aromatic carbocycles. The topological polar surface area (TPSA) is 239 Å². The molecule has 2 aliphatic carbocycles. The number of likely N-dealkylation sites (N-methyl/N-ethyl adjacent to an activating group) is 2. The number of carbonyl (C=O) groups excluding carboxylic acids is 8. The summed E-state index contributed by atoms with van der Waals surface area (Å²) in [4.78, 5) is 116. The lowest BCUT2D eigenvalue weighted by molar-refractivity contribution is -0.144. The van der Waals surface area contributed by atoms with Crippen molar-refractivity contribution < 1.29 is 38.4 Å². The highest BCUT2D eigenvalue weighted by Gasteiger charge is 2.48. The number of amides is 8. The number of nitrogens with one attached hydrogen (secondary N) is 8. The lowest BCUT2D eigenvalue weighted by Gasteiger charge is -2.36. The van der Waals surface area contributed by atoms with Crippen molar-refractivity contribution in [3.8, 4) is 0 Å². The number of halogens is 2. The molecule has 2 aliphatic heterocycles. The molecule has 8 N–H and O–H groups in total. The third kappa shape index (κ3) is 15.0. The molecule has 422 valence electrons. The molecule has 0 aromatic heterocycles. The van der Waals surface area contributed by atoms with Crippen LogP contribution in [0.3, 0.4) is 0 Å². The molecule has 12 atom stereocenters. The van der Waals surface area contributed by atoms with E-state index in [0.717, 1.165) is 60.8 Å². The summed E-state index contributed by atoms with van der Waals surface area (Å²) in [5, 5.41) is 24.2. The van der Waals surface area contributed by atoms with Gasteiger partial charge in [-0.05, 0) is 112 Å². The monoisotopic (exact) mass is 1100 g/mol. The van der Waals surface area contributed by atoms with Crippen LogP contribution >= 0.6 is 24.8 Å². The van der Waals surface area contributed by atoms with E-state index in [2.05, 4.69) is 54.7 Å². The normalized spacial score (nSPS) is 23.5. The molecule has 18 nitrogen and oxygen atoms in total. The first-order chi connectivity index (χ1) is 34.8. The van der Waals surface area contributed by atoms with Gasteiger partial charge < -0.3 is 52.3 Å². The molecule has 2 aromatic rings. The molecular weight excluding hydrogens is 1010 g/mol. The molecule has 2 saturated heterocycles. The molecule has 0 radical (unpaired) electrons. The van der Waals surface area contributed by atoms with Crippen LogP contribution < -0.4 is 42.5 Å². The quantitative estimate of drug-likeness (QED) is 0.114. The van der Waals surface area contributed by atoms with Crippen molar-refractivity contribution in [1.29, 1.82) is 0 Å². The average Bonchev–Trinajstić information content (AvgIpc) is 4.00. The molecule has 8 amide bonds. The van der Waals surface area contributed by atoms with Gasteiger partial charge in [0, 0.05) is 37.0 Å². The summed E-state index contributed by atoms with van der Waals surface area (Å²) in [6, 6.07) is 9.06. The number of likely N-dealkylation sites (tertiary alicyclic amines) is 2. The summed E-state index contributed by atoms with van der Waals surface area (Å²) in [5.41, 5.74) is 2.91. The van der Waals surface area contributed by atoms with Gasteiger partial charge in [-0.3, -0.25) is 38.4 Å². The van der Waals surface area contributed by atoms with Gasteiger partial charge in [0.2, 0.25) is 47.3 Å². The molecular formula is C56H86Cl2N10O8. The standard InChI is InChI=1S/C56H84N10O8.2ClH/c1-31(47(67)59-37-27-43(51(71)61-41-25-17-21-35-19-13-15-23-39(35)41)65(29-37)53(73)45(55(5,6)7)63-49(69)33(3)57-11)32(2)48(68)60-38-28-44(52(72)62-42-26-18-22-36-20-14-16-24-40(36)42)66(30-38)54(74)46(56(8,9)10)64-50(70)34(4)58-12;;/h13-16,19-20,23-24,31-34,37-38,41-46,57-58H,17-18,21-22,25-30H2,1-12H3,(H,59,67)(H,60,68)(H,61,71)(H,62,72)(H,63,69)(H,64,70);2*1H/t31?,32?,33-,34-,37-,38-,41+,42+,43-,44-,45+,46+;;/m0../s1. The number of benzene rings is 2. The highest BCUT2D eigenvalue weighted by atomic mass is 35.5. The molecule has 2 unspecified atom stereocenters. The Morgan fingerprint density at radius 2 is 0.855 bits per heavy atom. The largest absolute Gasteiger partial charge is 0.351 e. The zero-order valence-corrected chi connectivity index (χ0v) is 48.2. The van der Waals surface area contributed by atoms with E-state index in [1.807, 2.05) is 77.9 Å². The first-order valence-electron chi connectivity index (χ1n) is 26.8. The zero-order chi connectivity index (χ0) is 54.4. The second kappa shape index (κ2) is 26.8. The fourth-order valence-electron chi connectivity index (χ4n) is 10.8. The van der Waals surface area contributed by atoms with Crippen molar-refractivity contribution >= 4 is 72.1 Å². The van der Waals surface area contributed by atoms with E-state index in [9.17, 15) is 38.4 Å². The van der Waals surface area contributed by atoms with Gasteiger partial charge in [0.15, 0.2) is 0 Å². The third-order valence-electron chi connectivity index (χ3n) is 15.9. The minimum Gasteiger partial charge on any atom is -0.351 e. The van der Waals surface area contributed by atoms with Crippen molar-refractivity contribution in [2.24, 2.45) is 22.7 Å². The molecule has 0 bridgehead atoms. The average molecular weight is 1100 g/mol. The number of fused-ring (bicyclic) bond motifs is 2. The highest BCUT2D eigenvalue weighted by Crippen LogP contribution is 2.34. The van der Waals surface area contributed by atoms with Crippen molar-refractivity contribution in [1.82, 2.24) is 52.3 Å². The van der Waals surface area contributed by atoms with Crippen molar-refractivity contribution in [3.05, 3.63) is 70.8 Å².